The first-order valence-electron chi connectivity index (χ1n) is 9.58. The van der Waals surface area contributed by atoms with E-state index in [2.05, 4.69) is 20.2 Å². The number of hydrogen-bond acceptors (Lipinski definition) is 5. The van der Waals surface area contributed by atoms with Crippen LogP contribution in [0, 0.1) is 38.3 Å². The predicted molar refractivity (Wildman–Crippen MR) is 106 cm³/mol. The van der Waals surface area contributed by atoms with Crippen molar-refractivity contribution in [2.75, 3.05) is 23.3 Å². The molecule has 3 heterocycles. The largest absolute Gasteiger partial charge is 0.443 e. The van der Waals surface area contributed by atoms with Crippen molar-refractivity contribution in [2.24, 2.45) is 5.92 Å². The first-order chi connectivity index (χ1) is 13.8. The number of amides is 1. The van der Waals surface area contributed by atoms with E-state index in [9.17, 15) is 13.6 Å². The maximum atomic E-state index is 13.9. The Hall–Kier alpha value is -3.03. The zero-order chi connectivity index (χ0) is 20.7. The van der Waals surface area contributed by atoms with Gasteiger partial charge in [-0.25, -0.2) is 13.8 Å². The van der Waals surface area contributed by atoms with Crippen molar-refractivity contribution < 1.29 is 18.0 Å². The van der Waals surface area contributed by atoms with Gasteiger partial charge in [0, 0.05) is 24.7 Å². The fourth-order valence-electron chi connectivity index (χ4n) is 3.77. The summed E-state index contributed by atoms with van der Waals surface area (Å²) >= 11 is 0. The monoisotopic (exact) mass is 400 g/mol. The molecule has 6 nitrogen and oxygen atoms in total. The van der Waals surface area contributed by atoms with Gasteiger partial charge < -0.3 is 14.6 Å². The number of furan rings is 1. The summed E-state index contributed by atoms with van der Waals surface area (Å²) in [4.78, 5) is 23.8. The molecule has 1 N–H and O–H groups in total. The molecule has 0 bridgehead atoms. The van der Waals surface area contributed by atoms with Crippen LogP contribution in [-0.4, -0.2) is 29.0 Å². The highest BCUT2D eigenvalue weighted by atomic mass is 19.1. The van der Waals surface area contributed by atoms with Gasteiger partial charge in [-0.1, -0.05) is 0 Å². The Kier molecular flexibility index (Phi) is 4.94. The van der Waals surface area contributed by atoms with Crippen LogP contribution in [0.15, 0.2) is 22.6 Å². The van der Waals surface area contributed by atoms with Crippen molar-refractivity contribution in [3.8, 4) is 0 Å². The van der Waals surface area contributed by atoms with E-state index >= 15 is 0 Å². The predicted octanol–water partition coefficient (Wildman–Crippen LogP) is 4.28. The summed E-state index contributed by atoms with van der Waals surface area (Å²) in [6.07, 6.45) is 1.48. The highest BCUT2D eigenvalue weighted by Crippen LogP contribution is 2.33. The van der Waals surface area contributed by atoms with Gasteiger partial charge >= 0.3 is 0 Å². The van der Waals surface area contributed by atoms with E-state index in [0.29, 0.717) is 24.5 Å². The number of benzene rings is 1. The number of piperidine rings is 1. The number of rotatable bonds is 3. The Balaban J connectivity index is 1.59. The van der Waals surface area contributed by atoms with E-state index in [0.717, 1.165) is 47.6 Å². The Morgan fingerprint density at radius 3 is 2.79 bits per heavy atom. The van der Waals surface area contributed by atoms with Crippen LogP contribution in [0.25, 0.3) is 11.1 Å². The number of anilines is 2. The molecule has 29 heavy (non-hydrogen) atoms. The lowest BCUT2D eigenvalue weighted by atomic mass is 9.96. The average molecular weight is 400 g/mol. The summed E-state index contributed by atoms with van der Waals surface area (Å²) in [7, 11) is 0. The topological polar surface area (TPSA) is 71.3 Å². The number of aryl methyl sites for hydroxylation is 3. The third-order valence-electron chi connectivity index (χ3n) is 5.40. The number of aromatic nitrogens is 2. The van der Waals surface area contributed by atoms with Crippen LogP contribution in [0.4, 0.5) is 20.3 Å². The minimum absolute atomic E-state index is 0.0184. The second kappa shape index (κ2) is 7.42. The fraction of sp³-hybridized carbons (Fsp3) is 0.381. The molecule has 0 saturated carbocycles. The van der Waals surface area contributed by atoms with Gasteiger partial charge in [-0.3, -0.25) is 4.79 Å². The number of fused-ring (bicyclic) bond motifs is 1. The summed E-state index contributed by atoms with van der Waals surface area (Å²) in [6, 6.07) is 3.11. The second-order valence-corrected chi connectivity index (χ2v) is 7.46. The summed E-state index contributed by atoms with van der Waals surface area (Å²) in [5.41, 5.74) is 1.51. The van der Waals surface area contributed by atoms with E-state index in [1.807, 2.05) is 20.8 Å². The Labute approximate surface area is 166 Å². The highest BCUT2D eigenvalue weighted by molar-refractivity contribution is 5.94. The molecule has 3 aromatic rings. The van der Waals surface area contributed by atoms with Crippen molar-refractivity contribution in [3.63, 3.8) is 0 Å². The van der Waals surface area contributed by atoms with Gasteiger partial charge in [-0.15, -0.1) is 0 Å². The maximum Gasteiger partial charge on any atom is 0.231 e. The SMILES string of the molecule is Cc1nc(N2CCCC(C(=O)Nc3ccc(F)cc3F)C2)c2c(C)c(C)oc2n1. The molecule has 0 spiro atoms. The smallest absolute Gasteiger partial charge is 0.231 e. The number of hydrogen-bond donors (Lipinski definition) is 1. The van der Waals surface area contributed by atoms with Crippen molar-refractivity contribution in [3.05, 3.63) is 47.0 Å². The normalized spacial score (nSPS) is 17.0. The van der Waals surface area contributed by atoms with Gasteiger partial charge in [0.05, 0.1) is 17.0 Å². The lowest BCUT2D eigenvalue weighted by Crippen LogP contribution is -2.41. The molecule has 2 aromatic heterocycles. The molecule has 1 atom stereocenters. The highest BCUT2D eigenvalue weighted by Gasteiger charge is 2.29. The molecule has 1 amide bonds. The molecule has 0 radical (unpaired) electrons. The minimum atomic E-state index is -0.788. The summed E-state index contributed by atoms with van der Waals surface area (Å²) in [6.45, 7) is 6.87. The third kappa shape index (κ3) is 3.66. The van der Waals surface area contributed by atoms with Gasteiger partial charge in [0.15, 0.2) is 0 Å². The summed E-state index contributed by atoms with van der Waals surface area (Å²) < 4.78 is 32.7. The lowest BCUT2D eigenvalue weighted by molar-refractivity contribution is -0.120. The number of halogens is 2. The minimum Gasteiger partial charge on any atom is -0.443 e. The van der Waals surface area contributed by atoms with Crippen LogP contribution < -0.4 is 10.2 Å². The molecule has 1 aromatic carbocycles. The van der Waals surface area contributed by atoms with E-state index in [4.69, 9.17) is 4.42 Å². The van der Waals surface area contributed by atoms with Crippen molar-refractivity contribution >= 4 is 28.5 Å². The lowest BCUT2D eigenvalue weighted by Gasteiger charge is -2.33. The van der Waals surface area contributed by atoms with E-state index in [-0.39, 0.29) is 17.5 Å². The molecule has 1 fully saturated rings. The molecule has 152 valence electrons. The molecule has 8 heteroatoms. The van der Waals surface area contributed by atoms with E-state index in [1.165, 1.54) is 6.07 Å². The molecular weight excluding hydrogens is 378 g/mol. The van der Waals surface area contributed by atoms with E-state index in [1.54, 1.807) is 0 Å². The zero-order valence-corrected chi connectivity index (χ0v) is 16.6. The van der Waals surface area contributed by atoms with Crippen LogP contribution >= 0.6 is 0 Å². The van der Waals surface area contributed by atoms with Crippen LogP contribution in [0.3, 0.4) is 0 Å². The van der Waals surface area contributed by atoms with Gasteiger partial charge in [0.25, 0.3) is 0 Å². The molecule has 1 unspecified atom stereocenters. The Bertz CT molecular complexity index is 1100. The Morgan fingerprint density at radius 2 is 2.03 bits per heavy atom. The molecule has 1 saturated heterocycles. The zero-order valence-electron chi connectivity index (χ0n) is 16.6. The van der Waals surface area contributed by atoms with E-state index < -0.39 is 11.6 Å². The third-order valence-corrected chi connectivity index (χ3v) is 5.40. The maximum absolute atomic E-state index is 13.9. The number of carbonyl (C=O) groups is 1. The molecular formula is C21H22F2N4O2. The van der Waals surface area contributed by atoms with Crippen LogP contribution in [0.2, 0.25) is 0 Å². The van der Waals surface area contributed by atoms with Gasteiger partial charge in [-0.2, -0.15) is 4.98 Å². The van der Waals surface area contributed by atoms with Crippen LogP contribution in [-0.2, 0) is 4.79 Å². The standard InChI is InChI=1S/C21H22F2N4O2/c1-11-12(2)29-21-18(11)19(24-13(3)25-21)27-8-4-5-14(10-27)20(28)26-17-7-6-15(22)9-16(17)23/h6-7,9,14H,4-5,8,10H2,1-3H3,(H,26,28). The summed E-state index contributed by atoms with van der Waals surface area (Å²) in [5.74, 6) is 0.0452. The molecule has 1 aliphatic rings. The molecule has 4 rings (SSSR count). The first kappa shape index (κ1) is 19.3. The fourth-order valence-corrected chi connectivity index (χ4v) is 3.77. The first-order valence-corrected chi connectivity index (χ1v) is 9.58. The van der Waals surface area contributed by atoms with Crippen LogP contribution in [0.1, 0.15) is 30.0 Å². The number of nitrogens with zero attached hydrogens (tertiary/aromatic N) is 3. The Morgan fingerprint density at radius 1 is 1.24 bits per heavy atom. The number of carbonyl (C=O) groups excluding carboxylic acids is 1. The average Bonchev–Trinajstić information content (AvgIpc) is 2.97. The van der Waals surface area contributed by atoms with Crippen molar-refractivity contribution in [1.29, 1.82) is 0 Å². The van der Waals surface area contributed by atoms with Crippen molar-refractivity contribution in [2.45, 2.75) is 33.6 Å². The quantitative estimate of drug-likeness (QED) is 0.711. The second-order valence-electron chi connectivity index (χ2n) is 7.46. The van der Waals surface area contributed by atoms with Gasteiger partial charge in [-0.05, 0) is 45.7 Å². The van der Waals surface area contributed by atoms with Crippen LogP contribution in [0.5, 0.6) is 0 Å². The molecule has 0 aliphatic carbocycles. The van der Waals surface area contributed by atoms with Crippen molar-refractivity contribution in [1.82, 2.24) is 9.97 Å². The summed E-state index contributed by atoms with van der Waals surface area (Å²) in [5, 5.41) is 3.44. The molecule has 1 aliphatic heterocycles. The van der Waals surface area contributed by atoms with Gasteiger partial charge in [0.1, 0.15) is 29.0 Å². The van der Waals surface area contributed by atoms with Gasteiger partial charge in [0.2, 0.25) is 11.6 Å². The number of nitrogens with one attached hydrogen (secondary N) is 1.